The maximum Gasteiger partial charge on any atom is 0.123 e. The first kappa shape index (κ1) is 13.2. The number of nitrogens with one attached hydrogen (secondary N) is 1. The molecule has 0 amide bonds. The molecule has 0 aliphatic heterocycles. The molecule has 0 bridgehead atoms. The highest BCUT2D eigenvalue weighted by Gasteiger charge is 2.11. The summed E-state index contributed by atoms with van der Waals surface area (Å²) in [7, 11) is 0. The fourth-order valence-corrected chi connectivity index (χ4v) is 2.45. The molecule has 0 saturated heterocycles. The van der Waals surface area contributed by atoms with Gasteiger partial charge in [-0.15, -0.1) is 11.3 Å². The van der Waals surface area contributed by atoms with E-state index in [-0.39, 0.29) is 11.9 Å². The van der Waals surface area contributed by atoms with Crippen LogP contribution in [0.15, 0.2) is 41.8 Å². The quantitative estimate of drug-likeness (QED) is 0.869. The molecule has 0 radical (unpaired) electrons. The zero-order chi connectivity index (χ0) is 13.0. The lowest BCUT2D eigenvalue weighted by molar-refractivity contribution is 0.174. The number of thiophene rings is 1. The summed E-state index contributed by atoms with van der Waals surface area (Å²) < 4.78 is 12.8. The number of hydrogen-bond acceptors (Lipinski definition) is 3. The van der Waals surface area contributed by atoms with Gasteiger partial charge in [0.2, 0.25) is 0 Å². The fraction of sp³-hybridized carbons (Fsp3) is 0.286. The molecule has 2 nitrogen and oxygen atoms in total. The van der Waals surface area contributed by atoms with Gasteiger partial charge in [0, 0.05) is 17.5 Å². The molecule has 0 saturated carbocycles. The predicted molar refractivity (Wildman–Crippen MR) is 72.1 cm³/mol. The second kappa shape index (κ2) is 6.09. The molecule has 1 unspecified atom stereocenters. The van der Waals surface area contributed by atoms with E-state index in [4.69, 9.17) is 0 Å². The number of rotatable bonds is 5. The van der Waals surface area contributed by atoms with Crippen molar-refractivity contribution in [2.24, 2.45) is 0 Å². The third-order valence-electron chi connectivity index (χ3n) is 2.86. The first-order valence-corrected chi connectivity index (χ1v) is 6.75. The molecule has 4 heteroatoms. The first-order chi connectivity index (χ1) is 8.66. The Bertz CT molecular complexity index is 469. The van der Waals surface area contributed by atoms with Crippen molar-refractivity contribution in [3.63, 3.8) is 0 Å². The number of aliphatic hydroxyl groups excluding tert-OH is 1. The van der Waals surface area contributed by atoms with E-state index in [0.29, 0.717) is 6.54 Å². The first-order valence-electron chi connectivity index (χ1n) is 5.87. The van der Waals surface area contributed by atoms with Gasteiger partial charge in [-0.25, -0.2) is 4.39 Å². The molecule has 1 aromatic heterocycles. The third-order valence-corrected chi connectivity index (χ3v) is 3.83. The predicted octanol–water partition coefficient (Wildman–Crippen LogP) is 3.27. The molecule has 0 fully saturated rings. The van der Waals surface area contributed by atoms with Crippen LogP contribution >= 0.6 is 11.3 Å². The molecule has 2 rings (SSSR count). The highest BCUT2D eigenvalue weighted by atomic mass is 32.1. The number of benzene rings is 1. The SMILES string of the molecule is C[C@@H](NCC(O)c1cccs1)c1ccc(F)cc1. The Morgan fingerprint density at radius 2 is 2.00 bits per heavy atom. The van der Waals surface area contributed by atoms with Crippen LogP contribution in [0.2, 0.25) is 0 Å². The van der Waals surface area contributed by atoms with Crippen LogP contribution in [0.25, 0.3) is 0 Å². The van der Waals surface area contributed by atoms with Gasteiger partial charge in [-0.05, 0) is 36.1 Å². The minimum Gasteiger partial charge on any atom is -0.386 e. The van der Waals surface area contributed by atoms with Crippen LogP contribution in [0.1, 0.15) is 29.5 Å². The summed E-state index contributed by atoms with van der Waals surface area (Å²) in [4.78, 5) is 0.953. The highest BCUT2D eigenvalue weighted by Crippen LogP contribution is 2.19. The zero-order valence-corrected chi connectivity index (χ0v) is 11.0. The van der Waals surface area contributed by atoms with Crippen molar-refractivity contribution >= 4 is 11.3 Å². The van der Waals surface area contributed by atoms with Gasteiger partial charge in [0.15, 0.2) is 0 Å². The topological polar surface area (TPSA) is 32.3 Å². The molecule has 18 heavy (non-hydrogen) atoms. The van der Waals surface area contributed by atoms with E-state index in [2.05, 4.69) is 5.32 Å². The maximum atomic E-state index is 12.8. The molecule has 1 aromatic carbocycles. The lowest BCUT2D eigenvalue weighted by Crippen LogP contribution is -2.24. The summed E-state index contributed by atoms with van der Waals surface area (Å²) in [5.41, 5.74) is 1.01. The third kappa shape index (κ3) is 3.38. The summed E-state index contributed by atoms with van der Waals surface area (Å²) in [6, 6.07) is 10.3. The van der Waals surface area contributed by atoms with E-state index in [1.54, 1.807) is 23.5 Å². The monoisotopic (exact) mass is 265 g/mol. The number of halogens is 1. The van der Waals surface area contributed by atoms with Crippen molar-refractivity contribution in [3.8, 4) is 0 Å². The Labute approximate surface area is 110 Å². The second-order valence-electron chi connectivity index (χ2n) is 4.21. The van der Waals surface area contributed by atoms with Crippen LogP contribution in [-0.4, -0.2) is 11.7 Å². The van der Waals surface area contributed by atoms with Crippen molar-refractivity contribution < 1.29 is 9.50 Å². The van der Waals surface area contributed by atoms with Gasteiger partial charge in [0.1, 0.15) is 11.9 Å². The molecule has 0 aliphatic rings. The van der Waals surface area contributed by atoms with E-state index in [1.807, 2.05) is 24.4 Å². The molecule has 2 atom stereocenters. The van der Waals surface area contributed by atoms with E-state index >= 15 is 0 Å². The molecule has 1 heterocycles. The van der Waals surface area contributed by atoms with Gasteiger partial charge >= 0.3 is 0 Å². The minimum atomic E-state index is -0.493. The lowest BCUT2D eigenvalue weighted by atomic mass is 10.1. The largest absolute Gasteiger partial charge is 0.386 e. The van der Waals surface area contributed by atoms with Crippen LogP contribution in [0, 0.1) is 5.82 Å². The van der Waals surface area contributed by atoms with E-state index in [0.717, 1.165) is 10.4 Å². The summed E-state index contributed by atoms with van der Waals surface area (Å²) >= 11 is 1.54. The summed E-state index contributed by atoms with van der Waals surface area (Å²) in [5.74, 6) is -0.232. The maximum absolute atomic E-state index is 12.8. The molecule has 0 aliphatic carbocycles. The Morgan fingerprint density at radius 1 is 1.28 bits per heavy atom. The van der Waals surface area contributed by atoms with Gasteiger partial charge in [-0.2, -0.15) is 0 Å². The van der Waals surface area contributed by atoms with Crippen molar-refractivity contribution in [3.05, 3.63) is 58.0 Å². The number of hydrogen-bond donors (Lipinski definition) is 2. The van der Waals surface area contributed by atoms with E-state index < -0.39 is 6.10 Å². The van der Waals surface area contributed by atoms with Crippen LogP contribution in [0.5, 0.6) is 0 Å². The summed E-state index contributed by atoms with van der Waals surface area (Å²) in [5, 5.41) is 15.1. The molecule has 0 spiro atoms. The minimum absolute atomic E-state index is 0.0835. The van der Waals surface area contributed by atoms with Gasteiger partial charge in [0.05, 0.1) is 0 Å². The van der Waals surface area contributed by atoms with Crippen LogP contribution in [0.3, 0.4) is 0 Å². The van der Waals surface area contributed by atoms with Gasteiger partial charge < -0.3 is 10.4 Å². The standard InChI is InChI=1S/C14H16FNOS/c1-10(11-4-6-12(15)7-5-11)16-9-13(17)14-3-2-8-18-14/h2-8,10,13,16-17H,9H2,1H3/t10-,13?/m1/s1. The number of aliphatic hydroxyl groups is 1. The van der Waals surface area contributed by atoms with Gasteiger partial charge in [-0.1, -0.05) is 18.2 Å². The van der Waals surface area contributed by atoms with Crippen molar-refractivity contribution in [2.45, 2.75) is 19.1 Å². The highest BCUT2D eigenvalue weighted by molar-refractivity contribution is 7.10. The zero-order valence-electron chi connectivity index (χ0n) is 10.1. The second-order valence-corrected chi connectivity index (χ2v) is 5.19. The van der Waals surface area contributed by atoms with E-state index in [9.17, 15) is 9.50 Å². The molecule has 2 aromatic rings. The smallest absolute Gasteiger partial charge is 0.123 e. The van der Waals surface area contributed by atoms with Crippen LogP contribution in [0.4, 0.5) is 4.39 Å². The average molecular weight is 265 g/mol. The van der Waals surface area contributed by atoms with Crippen molar-refractivity contribution in [1.82, 2.24) is 5.32 Å². The average Bonchev–Trinajstić information content (AvgIpc) is 2.90. The van der Waals surface area contributed by atoms with Crippen LogP contribution < -0.4 is 5.32 Å². The van der Waals surface area contributed by atoms with Gasteiger partial charge in [-0.3, -0.25) is 0 Å². The van der Waals surface area contributed by atoms with Crippen LogP contribution in [-0.2, 0) is 0 Å². The Balaban J connectivity index is 1.88. The Kier molecular flexibility index (Phi) is 4.47. The fourth-order valence-electron chi connectivity index (χ4n) is 1.74. The van der Waals surface area contributed by atoms with Crippen molar-refractivity contribution in [2.75, 3.05) is 6.54 Å². The van der Waals surface area contributed by atoms with Crippen molar-refractivity contribution in [1.29, 1.82) is 0 Å². The Hall–Kier alpha value is -1.23. The summed E-state index contributed by atoms with van der Waals surface area (Å²) in [6.45, 7) is 2.48. The molecular formula is C14H16FNOS. The normalized spacial score (nSPS) is 14.4. The lowest BCUT2D eigenvalue weighted by Gasteiger charge is -2.16. The molecule has 96 valence electrons. The Morgan fingerprint density at radius 3 is 2.61 bits per heavy atom. The van der Waals surface area contributed by atoms with Gasteiger partial charge in [0.25, 0.3) is 0 Å². The summed E-state index contributed by atoms with van der Waals surface area (Å²) in [6.07, 6.45) is -0.493. The molecule has 2 N–H and O–H groups in total. The molecular weight excluding hydrogens is 249 g/mol. The van der Waals surface area contributed by atoms with E-state index in [1.165, 1.54) is 12.1 Å².